The number of nitrogens with zero attached hydrogens (tertiary/aromatic N) is 2. The van der Waals surface area contributed by atoms with Gasteiger partial charge in [-0.2, -0.15) is 0 Å². The molecule has 6 aromatic rings. The van der Waals surface area contributed by atoms with Gasteiger partial charge in [0.1, 0.15) is 0 Å². The van der Waals surface area contributed by atoms with Crippen molar-refractivity contribution < 1.29 is 0 Å². The molecule has 0 N–H and O–H groups in total. The van der Waals surface area contributed by atoms with Gasteiger partial charge in [0.2, 0.25) is 0 Å². The summed E-state index contributed by atoms with van der Waals surface area (Å²) in [6, 6.07) is 30.7. The molecule has 0 unspecified atom stereocenters. The maximum absolute atomic E-state index is 2.30. The SMILES string of the molecule is Cn1c2ccccc2c2cc(/C=C\c3ccc4c(c3)c3ccccc3n4C)ccc21. The molecule has 0 aliphatic carbocycles. The van der Waals surface area contributed by atoms with Crippen molar-refractivity contribution >= 4 is 55.8 Å². The molecule has 30 heavy (non-hydrogen) atoms. The Bertz CT molecular complexity index is 1490. The van der Waals surface area contributed by atoms with Crippen LogP contribution >= 0.6 is 0 Å². The summed E-state index contributed by atoms with van der Waals surface area (Å²) in [5, 5.41) is 5.23. The van der Waals surface area contributed by atoms with Crippen LogP contribution in [0.2, 0.25) is 0 Å². The van der Waals surface area contributed by atoms with Gasteiger partial charge >= 0.3 is 0 Å². The van der Waals surface area contributed by atoms with Crippen molar-refractivity contribution in [1.82, 2.24) is 9.13 Å². The Morgan fingerprint density at radius 1 is 0.467 bits per heavy atom. The van der Waals surface area contributed by atoms with Crippen LogP contribution in [-0.2, 0) is 14.1 Å². The molecule has 2 heterocycles. The van der Waals surface area contributed by atoms with Crippen molar-refractivity contribution in [2.75, 3.05) is 0 Å². The molecular formula is C28H22N2. The molecule has 0 radical (unpaired) electrons. The molecular weight excluding hydrogens is 364 g/mol. The Kier molecular flexibility index (Phi) is 3.63. The Morgan fingerprint density at radius 3 is 1.33 bits per heavy atom. The first kappa shape index (κ1) is 17.1. The third-order valence-corrected chi connectivity index (χ3v) is 6.34. The number of hydrogen-bond acceptors (Lipinski definition) is 0. The van der Waals surface area contributed by atoms with Crippen molar-refractivity contribution in [2.45, 2.75) is 0 Å². The second-order valence-electron chi connectivity index (χ2n) is 8.04. The van der Waals surface area contributed by atoms with E-state index in [4.69, 9.17) is 0 Å². The average Bonchev–Trinajstić information content (AvgIpc) is 3.24. The second kappa shape index (κ2) is 6.36. The number of aromatic nitrogens is 2. The first-order chi connectivity index (χ1) is 14.7. The van der Waals surface area contributed by atoms with Crippen LogP contribution in [0.15, 0.2) is 84.9 Å². The van der Waals surface area contributed by atoms with Crippen LogP contribution in [0.5, 0.6) is 0 Å². The molecule has 4 aromatic carbocycles. The lowest BCUT2D eigenvalue weighted by Gasteiger charge is -2.00. The summed E-state index contributed by atoms with van der Waals surface area (Å²) >= 11 is 0. The highest BCUT2D eigenvalue weighted by atomic mass is 14.9. The predicted molar refractivity (Wildman–Crippen MR) is 130 cm³/mol. The number of hydrogen-bond donors (Lipinski definition) is 0. The predicted octanol–water partition coefficient (Wildman–Crippen LogP) is 7.15. The van der Waals surface area contributed by atoms with E-state index in [1.807, 2.05) is 0 Å². The third kappa shape index (κ3) is 2.44. The fourth-order valence-corrected chi connectivity index (χ4v) is 4.77. The largest absolute Gasteiger partial charge is 0.344 e. The Hall–Kier alpha value is -3.78. The molecule has 2 aromatic heterocycles. The Morgan fingerprint density at radius 2 is 0.867 bits per heavy atom. The molecule has 6 rings (SSSR count). The van der Waals surface area contributed by atoms with Crippen LogP contribution in [0, 0.1) is 0 Å². The normalized spacial score (nSPS) is 12.2. The molecule has 0 atom stereocenters. The highest BCUT2D eigenvalue weighted by Crippen LogP contribution is 2.31. The molecule has 0 bridgehead atoms. The van der Waals surface area contributed by atoms with Crippen LogP contribution < -0.4 is 0 Å². The zero-order valence-corrected chi connectivity index (χ0v) is 17.1. The molecule has 2 heteroatoms. The Balaban J connectivity index is 1.45. The highest BCUT2D eigenvalue weighted by Gasteiger charge is 2.08. The third-order valence-electron chi connectivity index (χ3n) is 6.34. The summed E-state index contributed by atoms with van der Waals surface area (Å²) in [4.78, 5) is 0. The van der Waals surface area contributed by atoms with E-state index in [1.54, 1.807) is 0 Å². The maximum atomic E-state index is 2.30. The van der Waals surface area contributed by atoms with E-state index >= 15 is 0 Å². The van der Waals surface area contributed by atoms with Gasteiger partial charge in [-0.15, -0.1) is 0 Å². The minimum absolute atomic E-state index is 1.22. The van der Waals surface area contributed by atoms with Gasteiger partial charge in [0.05, 0.1) is 0 Å². The average molecular weight is 386 g/mol. The molecule has 0 fully saturated rings. The summed E-state index contributed by atoms with van der Waals surface area (Å²) in [7, 11) is 4.28. The van der Waals surface area contributed by atoms with Gasteiger partial charge in [0.15, 0.2) is 0 Å². The zero-order valence-electron chi connectivity index (χ0n) is 17.1. The standard InChI is InChI=1S/C28H22N2/c1-29-25-9-5-3-7-21(25)23-17-19(13-15-27(23)29)11-12-20-14-16-28-24(18-20)22-8-4-6-10-26(22)30(28)2/h3-18H,1-2H3/b12-11-. The van der Waals surface area contributed by atoms with Gasteiger partial charge < -0.3 is 9.13 Å². The fourth-order valence-electron chi connectivity index (χ4n) is 4.77. The van der Waals surface area contributed by atoms with Gasteiger partial charge in [-0.05, 0) is 47.5 Å². The zero-order chi connectivity index (χ0) is 20.2. The first-order valence-corrected chi connectivity index (χ1v) is 10.3. The Labute approximate surface area is 175 Å². The van der Waals surface area contributed by atoms with Crippen LogP contribution in [0.3, 0.4) is 0 Å². The van der Waals surface area contributed by atoms with E-state index in [-0.39, 0.29) is 0 Å². The fraction of sp³-hybridized carbons (Fsp3) is 0.0714. The summed E-state index contributed by atoms with van der Waals surface area (Å²) in [6.45, 7) is 0. The quantitative estimate of drug-likeness (QED) is 0.280. The molecule has 0 saturated heterocycles. The molecule has 0 spiro atoms. The van der Waals surface area contributed by atoms with E-state index in [0.29, 0.717) is 0 Å². The molecule has 0 aliphatic heterocycles. The minimum atomic E-state index is 1.22. The van der Waals surface area contributed by atoms with Crippen molar-refractivity contribution in [2.24, 2.45) is 14.1 Å². The molecule has 0 amide bonds. The molecule has 0 aliphatic rings. The maximum Gasteiger partial charge on any atom is 0.0489 e. The number of para-hydroxylation sites is 2. The highest BCUT2D eigenvalue weighted by molar-refractivity contribution is 6.10. The first-order valence-electron chi connectivity index (χ1n) is 10.3. The van der Waals surface area contributed by atoms with E-state index in [2.05, 4.69) is 120 Å². The second-order valence-corrected chi connectivity index (χ2v) is 8.04. The number of rotatable bonds is 2. The molecule has 2 nitrogen and oxygen atoms in total. The number of benzene rings is 4. The van der Waals surface area contributed by atoms with E-state index in [1.165, 1.54) is 54.7 Å². The number of fused-ring (bicyclic) bond motifs is 6. The van der Waals surface area contributed by atoms with Crippen LogP contribution in [0.1, 0.15) is 11.1 Å². The van der Waals surface area contributed by atoms with Crippen LogP contribution in [-0.4, -0.2) is 9.13 Å². The molecule has 0 saturated carbocycles. The van der Waals surface area contributed by atoms with E-state index < -0.39 is 0 Å². The lowest BCUT2D eigenvalue weighted by Crippen LogP contribution is -1.86. The van der Waals surface area contributed by atoms with Gasteiger partial charge in [-0.1, -0.05) is 60.7 Å². The summed E-state index contributed by atoms with van der Waals surface area (Å²) < 4.78 is 4.54. The topological polar surface area (TPSA) is 9.86 Å². The minimum Gasteiger partial charge on any atom is -0.344 e. The summed E-state index contributed by atoms with van der Waals surface area (Å²) in [5.74, 6) is 0. The van der Waals surface area contributed by atoms with E-state index in [0.717, 1.165) is 0 Å². The van der Waals surface area contributed by atoms with Crippen LogP contribution in [0.4, 0.5) is 0 Å². The lowest BCUT2D eigenvalue weighted by atomic mass is 10.1. The smallest absolute Gasteiger partial charge is 0.0489 e. The molecule has 144 valence electrons. The number of aryl methyl sites for hydroxylation is 2. The lowest BCUT2D eigenvalue weighted by molar-refractivity contribution is 1.01. The van der Waals surface area contributed by atoms with Gasteiger partial charge in [0, 0.05) is 57.7 Å². The van der Waals surface area contributed by atoms with Gasteiger partial charge in [-0.25, -0.2) is 0 Å². The van der Waals surface area contributed by atoms with Crippen molar-refractivity contribution in [1.29, 1.82) is 0 Å². The van der Waals surface area contributed by atoms with Gasteiger partial charge in [-0.3, -0.25) is 0 Å². The van der Waals surface area contributed by atoms with Crippen molar-refractivity contribution in [3.8, 4) is 0 Å². The van der Waals surface area contributed by atoms with Gasteiger partial charge in [0.25, 0.3) is 0 Å². The van der Waals surface area contributed by atoms with E-state index in [9.17, 15) is 0 Å². The van der Waals surface area contributed by atoms with Crippen molar-refractivity contribution in [3.05, 3.63) is 96.1 Å². The van der Waals surface area contributed by atoms with Crippen molar-refractivity contribution in [3.63, 3.8) is 0 Å². The van der Waals surface area contributed by atoms with Crippen LogP contribution in [0.25, 0.3) is 55.8 Å². The summed E-state index contributed by atoms with van der Waals surface area (Å²) in [6.07, 6.45) is 4.43. The summed E-state index contributed by atoms with van der Waals surface area (Å²) in [5.41, 5.74) is 7.52. The monoisotopic (exact) mass is 386 g/mol.